The number of ether oxygens (including phenoxy) is 1. The van der Waals surface area contributed by atoms with Gasteiger partial charge in [-0.3, -0.25) is 9.36 Å². The number of para-hydroxylation sites is 1. The molecule has 0 bridgehead atoms. The van der Waals surface area contributed by atoms with Gasteiger partial charge in [0.05, 0.1) is 19.0 Å². The quantitative estimate of drug-likeness (QED) is 0.404. The molecular formula is C18H23N6O5P. The van der Waals surface area contributed by atoms with E-state index in [2.05, 4.69) is 20.0 Å². The van der Waals surface area contributed by atoms with Crippen LogP contribution >= 0.6 is 7.52 Å². The molecule has 0 fully saturated rings. The minimum absolute atomic E-state index is 0.278. The van der Waals surface area contributed by atoms with E-state index in [9.17, 15) is 14.5 Å². The second kappa shape index (κ2) is 9.21. The van der Waals surface area contributed by atoms with Gasteiger partial charge in [0.25, 0.3) is 0 Å². The van der Waals surface area contributed by atoms with Crippen molar-refractivity contribution in [2.24, 2.45) is 0 Å². The summed E-state index contributed by atoms with van der Waals surface area (Å²) in [4.78, 5) is 23.5. The number of anilines is 1. The number of carbonyl (C=O) groups is 1. The van der Waals surface area contributed by atoms with Crippen LogP contribution in [0.5, 0.6) is 5.75 Å². The molecule has 0 aliphatic heterocycles. The minimum Gasteiger partial charge on any atom is -0.480 e. The first kappa shape index (κ1) is 21.7. The van der Waals surface area contributed by atoms with Gasteiger partial charge in [-0.1, -0.05) is 18.2 Å². The van der Waals surface area contributed by atoms with Crippen molar-refractivity contribution in [3.63, 3.8) is 0 Å². The van der Waals surface area contributed by atoms with Crippen LogP contribution in [0.25, 0.3) is 11.2 Å². The Hall–Kier alpha value is -3.01. The highest BCUT2D eigenvalue weighted by molar-refractivity contribution is 7.57. The van der Waals surface area contributed by atoms with Crippen molar-refractivity contribution in [2.45, 2.75) is 32.5 Å². The second-order valence-corrected chi connectivity index (χ2v) is 8.75. The number of nitrogens with zero attached hydrogens (tertiary/aromatic N) is 4. The highest BCUT2D eigenvalue weighted by Crippen LogP contribution is 2.43. The molecule has 3 aromatic rings. The summed E-state index contributed by atoms with van der Waals surface area (Å²) in [5.41, 5.74) is 6.83. The van der Waals surface area contributed by atoms with Gasteiger partial charge in [0.2, 0.25) is 0 Å². The van der Waals surface area contributed by atoms with Gasteiger partial charge in [0.15, 0.2) is 11.5 Å². The Morgan fingerprint density at radius 3 is 2.70 bits per heavy atom. The second-order valence-electron chi connectivity index (χ2n) is 6.70. The van der Waals surface area contributed by atoms with Gasteiger partial charge in [0, 0.05) is 0 Å². The predicted molar refractivity (Wildman–Crippen MR) is 110 cm³/mol. The number of nitrogens with one attached hydrogen (secondary N) is 1. The van der Waals surface area contributed by atoms with Gasteiger partial charge < -0.3 is 24.7 Å². The molecule has 0 spiro atoms. The van der Waals surface area contributed by atoms with Crippen molar-refractivity contribution < 1.29 is 23.7 Å². The molecule has 4 N–H and O–H groups in total. The SMILES string of the molecule is CC(Cn1cnc2c(N)ncnc21)OCP(=O)(NC(C)C(=O)O)Oc1ccccc1. The average Bonchev–Trinajstić information content (AvgIpc) is 3.11. The third-order valence-corrected chi connectivity index (χ3v) is 5.94. The van der Waals surface area contributed by atoms with Crippen LogP contribution in [0.4, 0.5) is 5.82 Å². The van der Waals surface area contributed by atoms with Crippen LogP contribution in [0.3, 0.4) is 0 Å². The van der Waals surface area contributed by atoms with Crippen LogP contribution < -0.4 is 15.3 Å². The lowest BCUT2D eigenvalue weighted by Crippen LogP contribution is -2.34. The van der Waals surface area contributed by atoms with E-state index >= 15 is 0 Å². The monoisotopic (exact) mass is 434 g/mol. The van der Waals surface area contributed by atoms with E-state index in [1.807, 2.05) is 0 Å². The Morgan fingerprint density at radius 1 is 1.27 bits per heavy atom. The number of carboxylic acid groups (broad SMARTS) is 1. The molecule has 0 aliphatic carbocycles. The Morgan fingerprint density at radius 2 is 2.00 bits per heavy atom. The predicted octanol–water partition coefficient (Wildman–Crippen LogP) is 2.11. The first-order chi connectivity index (χ1) is 14.3. The molecule has 2 heterocycles. The molecule has 11 nitrogen and oxygen atoms in total. The summed E-state index contributed by atoms with van der Waals surface area (Å²) < 4.78 is 26.4. The van der Waals surface area contributed by atoms with Crippen LogP contribution in [0.2, 0.25) is 0 Å². The van der Waals surface area contributed by atoms with Crippen molar-refractivity contribution in [3.8, 4) is 5.75 Å². The fraction of sp³-hybridized carbons (Fsp3) is 0.333. The molecule has 0 aliphatic rings. The molecule has 3 unspecified atom stereocenters. The molecular weight excluding hydrogens is 411 g/mol. The number of hydrogen-bond acceptors (Lipinski definition) is 8. The summed E-state index contributed by atoms with van der Waals surface area (Å²) in [5, 5.41) is 11.7. The minimum atomic E-state index is -3.67. The highest BCUT2D eigenvalue weighted by Gasteiger charge is 2.31. The lowest BCUT2D eigenvalue weighted by atomic mass is 10.3. The van der Waals surface area contributed by atoms with Crippen LogP contribution in [0.1, 0.15) is 13.8 Å². The van der Waals surface area contributed by atoms with E-state index in [1.165, 1.54) is 13.3 Å². The number of nitrogen functional groups attached to an aromatic ring is 1. The highest BCUT2D eigenvalue weighted by atomic mass is 31.2. The topological polar surface area (TPSA) is 154 Å². The van der Waals surface area contributed by atoms with Crippen molar-refractivity contribution >= 4 is 30.5 Å². The Balaban J connectivity index is 1.69. The molecule has 2 aromatic heterocycles. The van der Waals surface area contributed by atoms with Gasteiger partial charge in [0.1, 0.15) is 30.0 Å². The number of carboxylic acids is 1. The number of fused-ring (bicyclic) bond motifs is 1. The van der Waals surface area contributed by atoms with Crippen molar-refractivity contribution in [1.82, 2.24) is 24.6 Å². The molecule has 3 atom stereocenters. The molecule has 0 radical (unpaired) electrons. The summed E-state index contributed by atoms with van der Waals surface area (Å²) >= 11 is 0. The summed E-state index contributed by atoms with van der Waals surface area (Å²) in [7, 11) is -3.67. The van der Waals surface area contributed by atoms with Gasteiger partial charge in [-0.15, -0.1) is 0 Å². The van der Waals surface area contributed by atoms with Crippen molar-refractivity contribution in [2.75, 3.05) is 12.1 Å². The van der Waals surface area contributed by atoms with Crippen molar-refractivity contribution in [3.05, 3.63) is 43.0 Å². The van der Waals surface area contributed by atoms with Gasteiger partial charge in [-0.2, -0.15) is 0 Å². The summed E-state index contributed by atoms with van der Waals surface area (Å²) in [6.45, 7) is 3.52. The summed E-state index contributed by atoms with van der Waals surface area (Å²) in [5.74, 6) is -0.531. The molecule has 0 amide bonds. The summed E-state index contributed by atoms with van der Waals surface area (Å²) in [6.07, 6.45) is 2.18. The first-order valence-electron chi connectivity index (χ1n) is 9.14. The number of nitrogens with two attached hydrogens (primary N) is 1. The third kappa shape index (κ3) is 5.32. The molecule has 0 saturated heterocycles. The largest absolute Gasteiger partial charge is 0.480 e. The zero-order valence-corrected chi connectivity index (χ0v) is 17.4. The third-order valence-electron chi connectivity index (χ3n) is 4.17. The molecule has 0 saturated carbocycles. The first-order valence-corrected chi connectivity index (χ1v) is 11.0. The maximum atomic E-state index is 13.3. The number of benzene rings is 1. The molecule has 12 heteroatoms. The van der Waals surface area contributed by atoms with E-state index < -0.39 is 25.6 Å². The summed E-state index contributed by atoms with van der Waals surface area (Å²) in [6, 6.07) is 7.41. The fourth-order valence-electron chi connectivity index (χ4n) is 2.68. The van der Waals surface area contributed by atoms with Gasteiger partial charge >= 0.3 is 13.5 Å². The number of aliphatic carboxylic acids is 1. The van der Waals surface area contributed by atoms with Crippen LogP contribution in [-0.2, 0) is 20.6 Å². The number of aromatic nitrogens is 4. The maximum Gasteiger partial charge on any atom is 0.342 e. The molecule has 3 rings (SSSR count). The Bertz CT molecular complexity index is 1060. The van der Waals surface area contributed by atoms with Crippen LogP contribution in [0.15, 0.2) is 43.0 Å². The zero-order chi connectivity index (χ0) is 21.7. The molecule has 30 heavy (non-hydrogen) atoms. The zero-order valence-electron chi connectivity index (χ0n) is 16.5. The molecule has 1 aromatic carbocycles. The van der Waals surface area contributed by atoms with Crippen LogP contribution in [0, 0.1) is 0 Å². The van der Waals surface area contributed by atoms with E-state index in [0.717, 1.165) is 0 Å². The Labute approximate surface area is 172 Å². The lowest BCUT2D eigenvalue weighted by molar-refractivity contribution is -0.138. The number of imidazole rings is 1. The molecule has 160 valence electrons. The van der Waals surface area contributed by atoms with Gasteiger partial charge in [-0.05, 0) is 26.0 Å². The normalized spacial score (nSPS) is 15.4. The smallest absolute Gasteiger partial charge is 0.342 e. The lowest BCUT2D eigenvalue weighted by Gasteiger charge is -2.24. The van der Waals surface area contributed by atoms with Crippen LogP contribution in [-0.4, -0.2) is 49.1 Å². The number of hydrogen-bond donors (Lipinski definition) is 3. The van der Waals surface area contributed by atoms with Gasteiger partial charge in [-0.25, -0.2) is 20.0 Å². The van der Waals surface area contributed by atoms with E-state index in [1.54, 1.807) is 48.1 Å². The Kier molecular flexibility index (Phi) is 6.66. The average molecular weight is 434 g/mol. The maximum absolute atomic E-state index is 13.3. The van der Waals surface area contributed by atoms with E-state index in [-0.39, 0.29) is 12.2 Å². The number of rotatable bonds is 10. The van der Waals surface area contributed by atoms with E-state index in [4.69, 9.17) is 15.0 Å². The standard InChI is InChI=1S/C18H23N6O5P/c1-12(8-24-10-22-15-16(19)20-9-21-17(15)24)28-11-30(27,23-13(2)18(25)26)29-14-6-4-3-5-7-14/h3-7,9-10,12-13H,8,11H2,1-2H3,(H,23,27)(H,25,26)(H2,19,20,21). The van der Waals surface area contributed by atoms with E-state index in [0.29, 0.717) is 23.5 Å². The fourth-order valence-corrected chi connectivity index (χ4v) is 4.47. The van der Waals surface area contributed by atoms with Crippen molar-refractivity contribution in [1.29, 1.82) is 0 Å².